The second kappa shape index (κ2) is 9.54. The van der Waals surface area contributed by atoms with Crippen LogP contribution in [-0.4, -0.2) is 6.29 Å². The molecule has 2 nitrogen and oxygen atoms in total. The number of benzene rings is 3. The fourth-order valence-electron chi connectivity index (χ4n) is 3.85. The predicted molar refractivity (Wildman–Crippen MR) is 130 cm³/mol. The molecule has 1 atom stereocenters. The van der Waals surface area contributed by atoms with Crippen molar-refractivity contribution in [1.29, 1.82) is 0 Å². The average Bonchev–Trinajstić information content (AvgIpc) is 3.34. The predicted octanol–water partition coefficient (Wildman–Crippen LogP) is 7.06. The quantitative estimate of drug-likeness (QED) is 0.256. The van der Waals surface area contributed by atoms with Crippen molar-refractivity contribution >= 4 is 6.29 Å². The molecular weight excluding hydrogens is 392 g/mol. The third-order valence-electron chi connectivity index (χ3n) is 5.80. The lowest BCUT2D eigenvalue weighted by Crippen LogP contribution is -2.02. The zero-order valence-electron chi connectivity index (χ0n) is 18.7. The Hall–Kier alpha value is -3.83. The lowest BCUT2D eigenvalue weighted by atomic mass is 9.90. The fourth-order valence-corrected chi connectivity index (χ4v) is 3.85. The largest absolute Gasteiger partial charge is 0.464 e. The van der Waals surface area contributed by atoms with E-state index < -0.39 is 0 Å². The maximum atomic E-state index is 11.3. The van der Waals surface area contributed by atoms with Crippen molar-refractivity contribution in [2.24, 2.45) is 0 Å². The number of rotatable bonds is 5. The molecule has 2 heteroatoms. The van der Waals surface area contributed by atoms with Crippen LogP contribution in [0.5, 0.6) is 0 Å². The van der Waals surface area contributed by atoms with Crippen LogP contribution in [0.3, 0.4) is 0 Å². The Morgan fingerprint density at radius 2 is 1.78 bits per heavy atom. The van der Waals surface area contributed by atoms with Crippen molar-refractivity contribution in [3.05, 3.63) is 118 Å². The van der Waals surface area contributed by atoms with Crippen LogP contribution in [-0.2, 0) is 6.42 Å². The summed E-state index contributed by atoms with van der Waals surface area (Å²) in [6.07, 6.45) is 3.31. The number of hydrogen-bond donors (Lipinski definition) is 0. The highest BCUT2D eigenvalue weighted by atomic mass is 16.3. The Morgan fingerprint density at radius 1 is 0.906 bits per heavy atom. The zero-order chi connectivity index (χ0) is 22.5. The van der Waals surface area contributed by atoms with Gasteiger partial charge in [-0.25, -0.2) is 0 Å². The highest BCUT2D eigenvalue weighted by Crippen LogP contribution is 2.27. The van der Waals surface area contributed by atoms with E-state index in [-0.39, 0.29) is 5.92 Å². The topological polar surface area (TPSA) is 30.2 Å². The van der Waals surface area contributed by atoms with Gasteiger partial charge in [-0.15, -0.1) is 0 Å². The van der Waals surface area contributed by atoms with Gasteiger partial charge in [0.05, 0.1) is 6.26 Å². The van der Waals surface area contributed by atoms with Crippen molar-refractivity contribution in [3.8, 4) is 23.2 Å². The molecule has 0 aliphatic rings. The molecule has 0 amide bonds. The third kappa shape index (κ3) is 4.90. The van der Waals surface area contributed by atoms with Crippen LogP contribution in [0.1, 0.15) is 49.7 Å². The first-order valence-corrected chi connectivity index (χ1v) is 10.8. The van der Waals surface area contributed by atoms with Crippen molar-refractivity contribution in [2.45, 2.75) is 33.1 Å². The first-order valence-electron chi connectivity index (χ1n) is 10.8. The Labute approximate surface area is 189 Å². The number of furan rings is 1. The standard InChI is InChI=1S/C30H26O2/c1-21-6-4-7-27(16-21)28(18-24-10-9-22(2)23(3)17-24)14-13-26-12-11-25(20-31)19-29(26)30-8-5-15-32-30/h4-12,15-17,19-20,28H,18H2,1-3H3. The molecule has 1 unspecified atom stereocenters. The van der Waals surface area contributed by atoms with Gasteiger partial charge in [-0.2, -0.15) is 0 Å². The fraction of sp³-hybridized carbons (Fsp3) is 0.167. The van der Waals surface area contributed by atoms with Gasteiger partial charge in [-0.1, -0.05) is 65.9 Å². The van der Waals surface area contributed by atoms with E-state index in [1.807, 2.05) is 24.3 Å². The number of carbonyl (C=O) groups is 1. The minimum atomic E-state index is 0.0483. The monoisotopic (exact) mass is 418 g/mol. The summed E-state index contributed by atoms with van der Waals surface area (Å²) in [7, 11) is 0. The van der Waals surface area contributed by atoms with E-state index in [9.17, 15) is 4.79 Å². The zero-order valence-corrected chi connectivity index (χ0v) is 18.7. The van der Waals surface area contributed by atoms with Gasteiger partial charge in [-0.05, 0) is 73.7 Å². The van der Waals surface area contributed by atoms with E-state index in [1.54, 1.807) is 12.3 Å². The van der Waals surface area contributed by atoms with Crippen LogP contribution in [0.2, 0.25) is 0 Å². The van der Waals surface area contributed by atoms with Crippen molar-refractivity contribution in [3.63, 3.8) is 0 Å². The Balaban J connectivity index is 1.76. The summed E-state index contributed by atoms with van der Waals surface area (Å²) in [4.78, 5) is 11.3. The van der Waals surface area contributed by atoms with Gasteiger partial charge in [-0.3, -0.25) is 4.79 Å². The molecule has 1 aromatic heterocycles. The summed E-state index contributed by atoms with van der Waals surface area (Å²) >= 11 is 0. The molecule has 0 saturated carbocycles. The average molecular weight is 419 g/mol. The van der Waals surface area contributed by atoms with Gasteiger partial charge >= 0.3 is 0 Å². The van der Waals surface area contributed by atoms with Gasteiger partial charge in [0.2, 0.25) is 0 Å². The molecule has 0 spiro atoms. The minimum Gasteiger partial charge on any atom is -0.464 e. The first kappa shape index (κ1) is 21.4. The van der Waals surface area contributed by atoms with E-state index in [2.05, 4.69) is 75.1 Å². The van der Waals surface area contributed by atoms with Crippen LogP contribution < -0.4 is 0 Å². The molecule has 3 aromatic carbocycles. The Bertz CT molecular complexity index is 1300. The van der Waals surface area contributed by atoms with Crippen molar-refractivity contribution in [2.75, 3.05) is 0 Å². The van der Waals surface area contributed by atoms with Crippen LogP contribution >= 0.6 is 0 Å². The maximum Gasteiger partial charge on any atom is 0.150 e. The van der Waals surface area contributed by atoms with Crippen molar-refractivity contribution in [1.82, 2.24) is 0 Å². The number of carbonyl (C=O) groups excluding carboxylic acids is 1. The van der Waals surface area contributed by atoms with Gasteiger partial charge in [0, 0.05) is 22.6 Å². The molecule has 32 heavy (non-hydrogen) atoms. The van der Waals surface area contributed by atoms with Gasteiger partial charge in [0.15, 0.2) is 0 Å². The van der Waals surface area contributed by atoms with Gasteiger partial charge < -0.3 is 4.42 Å². The molecule has 4 aromatic rings. The highest BCUT2D eigenvalue weighted by Gasteiger charge is 2.12. The minimum absolute atomic E-state index is 0.0483. The van der Waals surface area contributed by atoms with E-state index >= 15 is 0 Å². The first-order chi connectivity index (χ1) is 15.5. The lowest BCUT2D eigenvalue weighted by Gasteiger charge is -2.14. The normalized spacial score (nSPS) is 11.5. The highest BCUT2D eigenvalue weighted by molar-refractivity contribution is 5.80. The lowest BCUT2D eigenvalue weighted by molar-refractivity contribution is 0.112. The van der Waals surface area contributed by atoms with Gasteiger partial charge in [0.1, 0.15) is 12.0 Å². The summed E-state index contributed by atoms with van der Waals surface area (Å²) in [5.41, 5.74) is 8.59. The molecule has 0 radical (unpaired) electrons. The van der Waals surface area contributed by atoms with Crippen LogP contribution in [0.25, 0.3) is 11.3 Å². The molecule has 0 N–H and O–H groups in total. The molecule has 158 valence electrons. The summed E-state index contributed by atoms with van der Waals surface area (Å²) in [6, 6.07) is 24.5. The summed E-state index contributed by atoms with van der Waals surface area (Å²) in [6.45, 7) is 6.39. The Kier molecular flexibility index (Phi) is 6.38. The molecule has 4 rings (SSSR count). The second-order valence-electron chi connectivity index (χ2n) is 8.26. The Morgan fingerprint density at radius 3 is 2.50 bits per heavy atom. The SMILES string of the molecule is Cc1cccc(C(C#Cc2ccc(C=O)cc2-c2ccco2)Cc2ccc(C)c(C)c2)c1. The summed E-state index contributed by atoms with van der Waals surface area (Å²) < 4.78 is 5.60. The molecule has 0 aliphatic heterocycles. The number of aldehydes is 1. The third-order valence-corrected chi connectivity index (χ3v) is 5.80. The van der Waals surface area contributed by atoms with Crippen molar-refractivity contribution < 1.29 is 9.21 Å². The van der Waals surface area contributed by atoms with Crippen LogP contribution in [0.4, 0.5) is 0 Å². The van der Waals surface area contributed by atoms with Crippen LogP contribution in [0.15, 0.2) is 83.5 Å². The van der Waals surface area contributed by atoms with E-state index in [0.29, 0.717) is 11.3 Å². The molecule has 0 saturated heterocycles. The van der Waals surface area contributed by atoms with E-state index in [1.165, 1.54) is 27.8 Å². The summed E-state index contributed by atoms with van der Waals surface area (Å²) in [5.74, 6) is 7.67. The molecule has 1 heterocycles. The van der Waals surface area contributed by atoms with E-state index in [4.69, 9.17) is 4.42 Å². The number of hydrogen-bond acceptors (Lipinski definition) is 2. The maximum absolute atomic E-state index is 11.3. The number of aryl methyl sites for hydroxylation is 3. The van der Waals surface area contributed by atoms with Crippen LogP contribution in [0, 0.1) is 32.6 Å². The summed E-state index contributed by atoms with van der Waals surface area (Å²) in [5, 5.41) is 0. The molecule has 0 aliphatic carbocycles. The molecule has 0 fully saturated rings. The molecular formula is C30H26O2. The molecule has 0 bridgehead atoms. The van der Waals surface area contributed by atoms with E-state index in [0.717, 1.165) is 23.8 Å². The van der Waals surface area contributed by atoms with Gasteiger partial charge in [0.25, 0.3) is 0 Å². The second-order valence-corrected chi connectivity index (χ2v) is 8.26. The smallest absolute Gasteiger partial charge is 0.150 e.